The number of thioether (sulfide) groups is 1. The second-order valence-electron chi connectivity index (χ2n) is 6.27. The van der Waals surface area contributed by atoms with Crippen LogP contribution in [0.5, 0.6) is 5.75 Å². The van der Waals surface area contributed by atoms with Crippen LogP contribution in [0.4, 0.5) is 5.69 Å². The van der Waals surface area contributed by atoms with Gasteiger partial charge in [0.15, 0.2) is 10.8 Å². The highest BCUT2D eigenvalue weighted by Gasteiger charge is 2.13. The molecule has 9 heteroatoms. The Bertz CT molecular complexity index is 1240. The third-order valence-corrected chi connectivity index (χ3v) is 5.09. The van der Waals surface area contributed by atoms with Crippen LogP contribution in [0.25, 0.3) is 16.7 Å². The molecule has 2 N–H and O–H groups in total. The molecule has 0 atom stereocenters. The van der Waals surface area contributed by atoms with Crippen LogP contribution in [-0.2, 0) is 4.79 Å². The Kier molecular flexibility index (Phi) is 5.80. The summed E-state index contributed by atoms with van der Waals surface area (Å²) in [5.41, 5.74) is 1.54. The summed E-state index contributed by atoms with van der Waals surface area (Å²) in [6, 6.07) is 16.7. The molecule has 0 spiro atoms. The third kappa shape index (κ3) is 4.20. The number of para-hydroxylation sites is 3. The van der Waals surface area contributed by atoms with Gasteiger partial charge < -0.3 is 15.0 Å². The number of aromatic nitrogens is 4. The maximum atomic E-state index is 12.4. The topological polar surface area (TPSA) is 102 Å². The molecule has 4 aromatic rings. The second-order valence-corrected chi connectivity index (χ2v) is 7.23. The molecule has 2 heterocycles. The summed E-state index contributed by atoms with van der Waals surface area (Å²) in [5.74, 6) is 0.457. The Balaban J connectivity index is 1.52. The first-order valence-corrected chi connectivity index (χ1v) is 10.3. The molecule has 2 aromatic heterocycles. The van der Waals surface area contributed by atoms with Gasteiger partial charge in [0.05, 0.1) is 29.9 Å². The van der Waals surface area contributed by atoms with E-state index < -0.39 is 0 Å². The number of carbonyl (C=O) groups excluding carboxylic acids is 1. The minimum atomic E-state index is -0.299. The first-order chi connectivity index (χ1) is 14.7. The van der Waals surface area contributed by atoms with Gasteiger partial charge in [0.2, 0.25) is 5.91 Å². The molecule has 30 heavy (non-hydrogen) atoms. The van der Waals surface area contributed by atoms with Crippen molar-refractivity contribution in [1.29, 1.82) is 0 Å². The van der Waals surface area contributed by atoms with Crippen LogP contribution in [0, 0.1) is 0 Å². The molecule has 0 aliphatic heterocycles. The van der Waals surface area contributed by atoms with Gasteiger partial charge in [-0.15, -0.1) is 0 Å². The zero-order valence-electron chi connectivity index (χ0n) is 16.2. The van der Waals surface area contributed by atoms with Gasteiger partial charge in [0, 0.05) is 0 Å². The molecule has 0 saturated heterocycles. The first kappa shape index (κ1) is 19.7. The summed E-state index contributed by atoms with van der Waals surface area (Å²) in [6.07, 6.45) is 1.49. The summed E-state index contributed by atoms with van der Waals surface area (Å²) >= 11 is 1.14. The Morgan fingerprint density at radius 3 is 2.73 bits per heavy atom. The molecule has 0 aliphatic rings. The number of nitrogens with zero attached hydrogens (tertiary/aromatic N) is 3. The SMILES string of the molecule is CCOc1ccccc1NC(=O)CSc1nc2c(cnn2-c2ccccc2)c(=O)[nH]1. The lowest BCUT2D eigenvalue weighted by Crippen LogP contribution is -2.16. The molecule has 0 unspecified atom stereocenters. The van der Waals surface area contributed by atoms with Gasteiger partial charge in [0.25, 0.3) is 5.56 Å². The predicted octanol–water partition coefficient (Wildman–Crippen LogP) is 3.24. The fourth-order valence-corrected chi connectivity index (χ4v) is 3.55. The number of benzene rings is 2. The van der Waals surface area contributed by atoms with Crippen LogP contribution in [0.3, 0.4) is 0 Å². The number of anilines is 1. The maximum absolute atomic E-state index is 12.4. The van der Waals surface area contributed by atoms with Gasteiger partial charge in [-0.05, 0) is 31.2 Å². The summed E-state index contributed by atoms with van der Waals surface area (Å²) < 4.78 is 7.12. The van der Waals surface area contributed by atoms with E-state index in [-0.39, 0.29) is 17.2 Å². The van der Waals surface area contributed by atoms with Crippen molar-refractivity contribution in [3.63, 3.8) is 0 Å². The molecular weight excluding hydrogens is 402 g/mol. The van der Waals surface area contributed by atoms with Crippen LogP contribution < -0.4 is 15.6 Å². The van der Waals surface area contributed by atoms with E-state index in [9.17, 15) is 9.59 Å². The number of ether oxygens (including phenoxy) is 1. The number of H-pyrrole nitrogens is 1. The monoisotopic (exact) mass is 421 g/mol. The molecule has 0 fully saturated rings. The highest BCUT2D eigenvalue weighted by Crippen LogP contribution is 2.24. The molecule has 0 radical (unpaired) electrons. The molecule has 2 aromatic carbocycles. The van der Waals surface area contributed by atoms with Gasteiger partial charge in [0.1, 0.15) is 11.1 Å². The molecule has 1 amide bonds. The number of amides is 1. The van der Waals surface area contributed by atoms with Gasteiger partial charge in [-0.3, -0.25) is 9.59 Å². The van der Waals surface area contributed by atoms with Crippen molar-refractivity contribution in [3.05, 3.63) is 71.1 Å². The lowest BCUT2D eigenvalue weighted by atomic mass is 10.3. The lowest BCUT2D eigenvalue weighted by Gasteiger charge is -2.11. The maximum Gasteiger partial charge on any atom is 0.262 e. The number of aromatic amines is 1. The van der Waals surface area contributed by atoms with E-state index in [4.69, 9.17) is 4.74 Å². The Morgan fingerprint density at radius 2 is 1.93 bits per heavy atom. The number of hydrogen-bond donors (Lipinski definition) is 2. The molecule has 0 bridgehead atoms. The fourth-order valence-electron chi connectivity index (χ4n) is 2.90. The number of rotatable bonds is 7. The third-order valence-electron chi connectivity index (χ3n) is 4.22. The molecule has 8 nitrogen and oxygen atoms in total. The van der Waals surface area contributed by atoms with Gasteiger partial charge in [-0.2, -0.15) is 5.10 Å². The molecular formula is C21H19N5O3S. The van der Waals surface area contributed by atoms with Crippen molar-refractivity contribution in [2.24, 2.45) is 0 Å². The van der Waals surface area contributed by atoms with E-state index in [2.05, 4.69) is 20.4 Å². The van der Waals surface area contributed by atoms with E-state index in [0.717, 1.165) is 17.4 Å². The highest BCUT2D eigenvalue weighted by molar-refractivity contribution is 7.99. The number of carbonyl (C=O) groups is 1. The van der Waals surface area contributed by atoms with Crippen LogP contribution in [-0.4, -0.2) is 38.0 Å². The fraction of sp³-hybridized carbons (Fsp3) is 0.143. The summed E-state index contributed by atoms with van der Waals surface area (Å²) in [4.78, 5) is 32.0. The van der Waals surface area contributed by atoms with Gasteiger partial charge in [-0.25, -0.2) is 9.67 Å². The van der Waals surface area contributed by atoms with Crippen LogP contribution >= 0.6 is 11.8 Å². The highest BCUT2D eigenvalue weighted by atomic mass is 32.2. The van der Waals surface area contributed by atoms with Crippen LogP contribution in [0.15, 0.2) is 70.7 Å². The average molecular weight is 421 g/mol. The van der Waals surface area contributed by atoms with Crippen LogP contribution in [0.1, 0.15) is 6.92 Å². The average Bonchev–Trinajstić information content (AvgIpc) is 3.19. The van der Waals surface area contributed by atoms with E-state index in [1.54, 1.807) is 16.8 Å². The van der Waals surface area contributed by atoms with Gasteiger partial charge >= 0.3 is 0 Å². The largest absolute Gasteiger partial charge is 0.492 e. The van der Waals surface area contributed by atoms with E-state index >= 15 is 0 Å². The summed E-state index contributed by atoms with van der Waals surface area (Å²) in [5, 5.41) is 7.84. The van der Waals surface area contributed by atoms with Crippen molar-refractivity contribution >= 4 is 34.4 Å². The number of fused-ring (bicyclic) bond motifs is 1. The second kappa shape index (κ2) is 8.83. The summed E-state index contributed by atoms with van der Waals surface area (Å²) in [6.45, 7) is 2.38. The molecule has 4 rings (SSSR count). The van der Waals surface area contributed by atoms with Crippen molar-refractivity contribution in [2.45, 2.75) is 12.1 Å². The lowest BCUT2D eigenvalue weighted by molar-refractivity contribution is -0.113. The Labute approximate surface area is 176 Å². The van der Waals surface area contributed by atoms with E-state index in [1.165, 1.54) is 6.20 Å². The summed E-state index contributed by atoms with van der Waals surface area (Å²) in [7, 11) is 0. The smallest absolute Gasteiger partial charge is 0.262 e. The Morgan fingerprint density at radius 1 is 1.17 bits per heavy atom. The van der Waals surface area contributed by atoms with E-state index in [0.29, 0.717) is 34.2 Å². The van der Waals surface area contributed by atoms with Gasteiger partial charge in [-0.1, -0.05) is 42.1 Å². The Hall–Kier alpha value is -3.59. The normalized spacial score (nSPS) is 10.8. The molecule has 152 valence electrons. The predicted molar refractivity (Wildman–Crippen MR) is 116 cm³/mol. The minimum Gasteiger partial charge on any atom is -0.492 e. The number of nitrogens with one attached hydrogen (secondary N) is 2. The van der Waals surface area contributed by atoms with Crippen molar-refractivity contribution < 1.29 is 9.53 Å². The van der Waals surface area contributed by atoms with Crippen LogP contribution in [0.2, 0.25) is 0 Å². The first-order valence-electron chi connectivity index (χ1n) is 9.33. The zero-order valence-corrected chi connectivity index (χ0v) is 17.0. The standard InChI is InChI=1S/C21H19N5O3S/c1-2-29-17-11-7-6-10-16(17)23-18(27)13-30-21-24-19-15(20(28)25-21)12-22-26(19)14-8-4-3-5-9-14/h3-12H,2,13H2,1H3,(H,23,27)(H,24,25,28). The minimum absolute atomic E-state index is 0.0778. The molecule has 0 aliphatic carbocycles. The zero-order chi connectivity index (χ0) is 20.9. The van der Waals surface area contributed by atoms with E-state index in [1.807, 2.05) is 49.4 Å². The van der Waals surface area contributed by atoms with Crippen molar-refractivity contribution in [2.75, 3.05) is 17.7 Å². The number of hydrogen-bond acceptors (Lipinski definition) is 6. The quantitative estimate of drug-likeness (QED) is 0.351. The van der Waals surface area contributed by atoms with Crippen molar-refractivity contribution in [1.82, 2.24) is 19.7 Å². The molecule has 0 saturated carbocycles. The van der Waals surface area contributed by atoms with Crippen molar-refractivity contribution in [3.8, 4) is 11.4 Å².